The first-order valence-electron chi connectivity index (χ1n) is 7.07. The lowest BCUT2D eigenvalue weighted by molar-refractivity contribution is 0.142. The van der Waals surface area contributed by atoms with E-state index in [0.717, 1.165) is 31.6 Å². The summed E-state index contributed by atoms with van der Waals surface area (Å²) in [5, 5.41) is 12.9. The molecule has 1 heterocycles. The summed E-state index contributed by atoms with van der Waals surface area (Å²) in [6.07, 6.45) is 7.04. The van der Waals surface area contributed by atoms with Crippen LogP contribution in [-0.4, -0.2) is 34.8 Å². The molecular weight excluding hydrogens is 242 g/mol. The highest BCUT2D eigenvalue weighted by atomic mass is 16.5. The third-order valence-corrected chi connectivity index (χ3v) is 3.74. The highest BCUT2D eigenvalue weighted by Gasteiger charge is 2.32. The maximum Gasteiger partial charge on any atom is 0.218 e. The molecule has 5 heteroatoms. The second kappa shape index (κ2) is 6.70. The molecule has 0 unspecified atom stereocenters. The Bertz CT molecular complexity index is 392. The molecule has 0 aromatic carbocycles. The molecule has 1 aromatic heterocycles. The van der Waals surface area contributed by atoms with Crippen molar-refractivity contribution in [2.24, 2.45) is 5.41 Å². The molecule has 0 radical (unpaired) electrons. The standard InChI is InChI=1S/C14H23N3O2/c1-2-7-19-13-8-12(16-11-17-13)15-9-14(10-18)5-3-4-6-14/h8,11,18H,2-7,9-10H2,1H3,(H,15,16,17). The van der Waals surface area contributed by atoms with E-state index in [-0.39, 0.29) is 12.0 Å². The molecule has 1 fully saturated rings. The maximum atomic E-state index is 9.57. The third kappa shape index (κ3) is 3.80. The molecule has 5 nitrogen and oxygen atoms in total. The second-order valence-corrected chi connectivity index (χ2v) is 5.31. The van der Waals surface area contributed by atoms with Crippen molar-refractivity contribution in [3.05, 3.63) is 12.4 Å². The Morgan fingerprint density at radius 2 is 2.16 bits per heavy atom. The van der Waals surface area contributed by atoms with Crippen LogP contribution in [0.1, 0.15) is 39.0 Å². The molecule has 0 bridgehead atoms. The van der Waals surface area contributed by atoms with Crippen molar-refractivity contribution in [2.75, 3.05) is 25.1 Å². The number of nitrogens with one attached hydrogen (secondary N) is 1. The number of anilines is 1. The average molecular weight is 265 g/mol. The highest BCUT2D eigenvalue weighted by molar-refractivity contribution is 5.37. The molecule has 1 aromatic rings. The van der Waals surface area contributed by atoms with E-state index in [9.17, 15) is 5.11 Å². The van der Waals surface area contributed by atoms with Crippen LogP contribution >= 0.6 is 0 Å². The van der Waals surface area contributed by atoms with Crippen molar-refractivity contribution < 1.29 is 9.84 Å². The summed E-state index contributed by atoms with van der Waals surface area (Å²) < 4.78 is 5.48. The van der Waals surface area contributed by atoms with Gasteiger partial charge in [-0.2, -0.15) is 0 Å². The van der Waals surface area contributed by atoms with Gasteiger partial charge in [0, 0.05) is 18.0 Å². The van der Waals surface area contributed by atoms with Gasteiger partial charge in [0.1, 0.15) is 12.1 Å². The molecule has 0 amide bonds. The summed E-state index contributed by atoms with van der Waals surface area (Å²) in [4.78, 5) is 8.26. The quantitative estimate of drug-likeness (QED) is 0.791. The fraction of sp³-hybridized carbons (Fsp3) is 0.714. The number of ether oxygens (including phenoxy) is 1. The first-order valence-corrected chi connectivity index (χ1v) is 7.07. The molecule has 1 aliphatic carbocycles. The summed E-state index contributed by atoms with van der Waals surface area (Å²) in [6, 6.07) is 1.82. The average Bonchev–Trinajstić information content (AvgIpc) is 2.93. The van der Waals surface area contributed by atoms with Gasteiger partial charge in [0.25, 0.3) is 0 Å². The van der Waals surface area contributed by atoms with Gasteiger partial charge in [-0.25, -0.2) is 9.97 Å². The lowest BCUT2D eigenvalue weighted by atomic mass is 9.87. The normalized spacial score (nSPS) is 17.4. The first-order chi connectivity index (χ1) is 9.28. The van der Waals surface area contributed by atoms with Gasteiger partial charge in [-0.1, -0.05) is 19.8 Å². The predicted molar refractivity (Wildman–Crippen MR) is 74.3 cm³/mol. The van der Waals surface area contributed by atoms with Crippen LogP contribution in [0.2, 0.25) is 0 Å². The van der Waals surface area contributed by atoms with Crippen LogP contribution in [0.4, 0.5) is 5.82 Å². The second-order valence-electron chi connectivity index (χ2n) is 5.31. The summed E-state index contributed by atoms with van der Waals surface area (Å²) in [7, 11) is 0. The van der Waals surface area contributed by atoms with Crippen molar-refractivity contribution in [3.8, 4) is 5.88 Å². The molecule has 1 aliphatic rings. The zero-order valence-corrected chi connectivity index (χ0v) is 11.6. The SMILES string of the molecule is CCCOc1cc(NCC2(CO)CCCC2)ncn1. The summed E-state index contributed by atoms with van der Waals surface area (Å²) in [5.41, 5.74) is 0.0232. The fourth-order valence-electron chi connectivity index (χ4n) is 2.52. The molecule has 0 aliphatic heterocycles. The van der Waals surface area contributed by atoms with Gasteiger partial charge in [-0.3, -0.25) is 0 Å². The van der Waals surface area contributed by atoms with Crippen LogP contribution in [-0.2, 0) is 0 Å². The number of aromatic nitrogens is 2. The Balaban J connectivity index is 1.91. The molecule has 19 heavy (non-hydrogen) atoms. The fourth-order valence-corrected chi connectivity index (χ4v) is 2.52. The van der Waals surface area contributed by atoms with Crippen molar-refractivity contribution in [1.82, 2.24) is 9.97 Å². The van der Waals surface area contributed by atoms with Gasteiger partial charge in [-0.15, -0.1) is 0 Å². The monoisotopic (exact) mass is 265 g/mol. The number of aliphatic hydroxyl groups excluding tert-OH is 1. The molecule has 2 rings (SSSR count). The number of aliphatic hydroxyl groups is 1. The minimum Gasteiger partial charge on any atom is -0.478 e. The smallest absolute Gasteiger partial charge is 0.218 e. The van der Waals surface area contributed by atoms with Gasteiger partial charge in [0.2, 0.25) is 5.88 Å². The van der Waals surface area contributed by atoms with Crippen molar-refractivity contribution in [3.63, 3.8) is 0 Å². The van der Waals surface area contributed by atoms with Gasteiger partial charge >= 0.3 is 0 Å². The number of rotatable bonds is 7. The van der Waals surface area contributed by atoms with Crippen LogP contribution in [0.5, 0.6) is 5.88 Å². The Hall–Kier alpha value is -1.36. The van der Waals surface area contributed by atoms with Gasteiger partial charge in [-0.05, 0) is 19.3 Å². The van der Waals surface area contributed by atoms with Crippen molar-refractivity contribution in [1.29, 1.82) is 0 Å². The van der Waals surface area contributed by atoms with Crippen LogP contribution in [0.25, 0.3) is 0 Å². The largest absolute Gasteiger partial charge is 0.478 e. The zero-order chi connectivity index (χ0) is 13.6. The van der Waals surface area contributed by atoms with E-state index in [2.05, 4.69) is 22.2 Å². The molecule has 0 saturated heterocycles. The molecule has 1 saturated carbocycles. The van der Waals surface area contributed by atoms with Crippen LogP contribution in [0.15, 0.2) is 12.4 Å². The Morgan fingerprint density at radius 1 is 1.37 bits per heavy atom. The Morgan fingerprint density at radius 3 is 2.84 bits per heavy atom. The summed E-state index contributed by atoms with van der Waals surface area (Å²) in [6.45, 7) is 3.72. The van der Waals surface area contributed by atoms with E-state index in [1.807, 2.05) is 6.07 Å². The highest BCUT2D eigenvalue weighted by Crippen LogP contribution is 2.37. The van der Waals surface area contributed by atoms with Crippen LogP contribution in [0, 0.1) is 5.41 Å². The van der Waals surface area contributed by atoms with Crippen LogP contribution in [0.3, 0.4) is 0 Å². The number of nitrogens with zero attached hydrogens (tertiary/aromatic N) is 2. The third-order valence-electron chi connectivity index (χ3n) is 3.74. The summed E-state index contributed by atoms with van der Waals surface area (Å²) in [5.74, 6) is 1.37. The van der Waals surface area contributed by atoms with Gasteiger partial charge in [0.15, 0.2) is 0 Å². The molecule has 0 spiro atoms. The molecule has 106 valence electrons. The van der Waals surface area contributed by atoms with E-state index in [4.69, 9.17) is 4.74 Å². The lowest BCUT2D eigenvalue weighted by Crippen LogP contribution is -2.30. The van der Waals surface area contributed by atoms with E-state index in [1.165, 1.54) is 19.2 Å². The van der Waals surface area contributed by atoms with Crippen molar-refractivity contribution >= 4 is 5.82 Å². The lowest BCUT2D eigenvalue weighted by Gasteiger charge is -2.26. The Kier molecular flexibility index (Phi) is 4.96. The molecule has 2 N–H and O–H groups in total. The predicted octanol–water partition coefficient (Wildman–Crippen LogP) is 2.23. The van der Waals surface area contributed by atoms with Gasteiger partial charge in [0.05, 0.1) is 13.2 Å². The van der Waals surface area contributed by atoms with E-state index >= 15 is 0 Å². The minimum atomic E-state index is 0.0232. The topological polar surface area (TPSA) is 67.3 Å². The van der Waals surface area contributed by atoms with Gasteiger partial charge < -0.3 is 15.2 Å². The maximum absolute atomic E-state index is 9.57. The summed E-state index contributed by atoms with van der Waals surface area (Å²) >= 11 is 0. The minimum absolute atomic E-state index is 0.0232. The first kappa shape index (κ1) is 14.1. The van der Waals surface area contributed by atoms with E-state index < -0.39 is 0 Å². The van der Waals surface area contributed by atoms with E-state index in [0.29, 0.717) is 12.5 Å². The molecular formula is C14H23N3O2. The number of hydrogen-bond acceptors (Lipinski definition) is 5. The Labute approximate surface area is 114 Å². The number of hydrogen-bond donors (Lipinski definition) is 2. The zero-order valence-electron chi connectivity index (χ0n) is 11.6. The molecule has 0 atom stereocenters. The van der Waals surface area contributed by atoms with Crippen LogP contribution < -0.4 is 10.1 Å². The van der Waals surface area contributed by atoms with E-state index in [1.54, 1.807) is 0 Å². The van der Waals surface area contributed by atoms with Crippen molar-refractivity contribution in [2.45, 2.75) is 39.0 Å².